The first kappa shape index (κ1) is 29.7. The van der Waals surface area contributed by atoms with Gasteiger partial charge in [-0.3, -0.25) is 33.6 Å². The molecule has 0 aromatic carbocycles. The van der Waals surface area contributed by atoms with Crippen LogP contribution < -0.4 is 38.9 Å². The van der Waals surface area contributed by atoms with E-state index in [-0.39, 0.29) is 0 Å². The lowest BCUT2D eigenvalue weighted by atomic mass is 10.1. The van der Waals surface area contributed by atoms with Crippen LogP contribution in [0.1, 0.15) is 32.1 Å². The third kappa shape index (κ3) is 11.9. The number of primary amides is 3. The quantitative estimate of drug-likeness (QED) is 0.0983. The SMILES string of the molecule is NC(=O)CCC(NC(=O)C(N)CC(=O)O)C(=O)NC(CC(N)=O)C(=O)NC(CC(N)=O)C(=O)O. The Morgan fingerprint density at radius 2 is 1.06 bits per heavy atom. The van der Waals surface area contributed by atoms with Crippen molar-refractivity contribution in [2.75, 3.05) is 0 Å². The van der Waals surface area contributed by atoms with Gasteiger partial charge in [-0.05, 0) is 6.42 Å². The zero-order chi connectivity index (χ0) is 26.6. The molecule has 4 atom stereocenters. The van der Waals surface area contributed by atoms with Crippen LogP contribution in [0.2, 0.25) is 0 Å². The van der Waals surface area contributed by atoms with Crippen molar-refractivity contribution in [1.29, 1.82) is 0 Å². The average molecular weight is 489 g/mol. The number of hydrogen-bond acceptors (Lipinski definition) is 9. The van der Waals surface area contributed by atoms with Gasteiger partial charge in [-0.25, -0.2) is 4.79 Å². The van der Waals surface area contributed by atoms with Crippen LogP contribution in [-0.4, -0.2) is 81.8 Å². The van der Waals surface area contributed by atoms with Gasteiger partial charge in [0, 0.05) is 6.42 Å². The maximum atomic E-state index is 12.7. The van der Waals surface area contributed by atoms with E-state index in [9.17, 15) is 38.4 Å². The lowest BCUT2D eigenvalue weighted by molar-refractivity contribution is -0.144. The Bertz CT molecular complexity index is 847. The van der Waals surface area contributed by atoms with Crippen molar-refractivity contribution in [3.63, 3.8) is 0 Å². The predicted octanol–water partition coefficient (Wildman–Crippen LogP) is -5.66. The Morgan fingerprint density at radius 3 is 1.50 bits per heavy atom. The fourth-order valence-corrected chi connectivity index (χ4v) is 2.47. The van der Waals surface area contributed by atoms with Gasteiger partial charge in [-0.15, -0.1) is 0 Å². The number of nitrogens with one attached hydrogen (secondary N) is 3. The first-order valence-electron chi connectivity index (χ1n) is 9.60. The standard InChI is InChI=1S/C17H27N7O10/c18-6(3-13(28)29)14(30)22-7(1-2-10(19)25)15(31)23-8(4-11(20)26)16(32)24-9(17(33)34)5-12(21)27/h6-9H,1-5,18H2,(H2,19,25)(H2,20,26)(H2,21,27)(H,22,30)(H,23,31)(H,24,32)(H,28,29)(H,33,34). The van der Waals surface area contributed by atoms with Gasteiger partial charge < -0.3 is 49.1 Å². The Balaban J connectivity index is 5.62. The number of carbonyl (C=O) groups is 8. The van der Waals surface area contributed by atoms with Crippen LogP contribution in [0, 0.1) is 0 Å². The Morgan fingerprint density at radius 1 is 0.618 bits per heavy atom. The second kappa shape index (κ2) is 14.0. The zero-order valence-electron chi connectivity index (χ0n) is 17.8. The predicted molar refractivity (Wildman–Crippen MR) is 110 cm³/mol. The summed E-state index contributed by atoms with van der Waals surface area (Å²) in [5.74, 6) is -9.44. The van der Waals surface area contributed by atoms with E-state index >= 15 is 0 Å². The fraction of sp³-hybridized carbons (Fsp3) is 0.529. The molecule has 13 N–H and O–H groups in total. The molecule has 17 heteroatoms. The van der Waals surface area contributed by atoms with Crippen molar-refractivity contribution in [3.8, 4) is 0 Å². The largest absolute Gasteiger partial charge is 0.481 e. The van der Waals surface area contributed by atoms with Gasteiger partial charge in [-0.1, -0.05) is 0 Å². The summed E-state index contributed by atoms with van der Waals surface area (Å²) >= 11 is 0. The number of nitrogens with two attached hydrogens (primary N) is 4. The lowest BCUT2D eigenvalue weighted by Crippen LogP contribution is -2.58. The molecule has 0 aromatic rings. The highest BCUT2D eigenvalue weighted by Gasteiger charge is 2.32. The van der Waals surface area contributed by atoms with E-state index in [1.54, 1.807) is 0 Å². The van der Waals surface area contributed by atoms with E-state index in [4.69, 9.17) is 33.1 Å². The molecule has 0 aliphatic carbocycles. The van der Waals surface area contributed by atoms with Crippen molar-refractivity contribution in [2.24, 2.45) is 22.9 Å². The van der Waals surface area contributed by atoms with E-state index in [0.29, 0.717) is 0 Å². The molecular formula is C17H27N7O10. The summed E-state index contributed by atoms with van der Waals surface area (Å²) in [6, 6.07) is -6.64. The average Bonchev–Trinajstić information content (AvgIpc) is 2.68. The number of aliphatic carboxylic acids is 2. The highest BCUT2D eigenvalue weighted by Crippen LogP contribution is 2.03. The van der Waals surface area contributed by atoms with Gasteiger partial charge in [0.15, 0.2) is 0 Å². The summed E-state index contributed by atoms with van der Waals surface area (Å²) in [4.78, 5) is 92.6. The van der Waals surface area contributed by atoms with Gasteiger partial charge in [0.1, 0.15) is 18.1 Å². The van der Waals surface area contributed by atoms with Gasteiger partial charge in [0.2, 0.25) is 35.4 Å². The van der Waals surface area contributed by atoms with Crippen molar-refractivity contribution < 1.29 is 48.6 Å². The Kier molecular flexibility index (Phi) is 12.2. The minimum Gasteiger partial charge on any atom is -0.481 e. The minimum atomic E-state index is -1.78. The molecule has 0 radical (unpaired) electrons. The van der Waals surface area contributed by atoms with Crippen molar-refractivity contribution in [3.05, 3.63) is 0 Å². The van der Waals surface area contributed by atoms with Crippen molar-refractivity contribution in [1.82, 2.24) is 16.0 Å². The number of carbonyl (C=O) groups excluding carboxylic acids is 6. The molecular weight excluding hydrogens is 462 g/mol. The molecule has 0 spiro atoms. The van der Waals surface area contributed by atoms with E-state index in [2.05, 4.69) is 10.6 Å². The third-order valence-electron chi connectivity index (χ3n) is 4.10. The van der Waals surface area contributed by atoms with E-state index in [1.165, 1.54) is 0 Å². The molecule has 0 aliphatic rings. The van der Waals surface area contributed by atoms with Crippen molar-refractivity contribution in [2.45, 2.75) is 56.3 Å². The molecule has 0 aliphatic heterocycles. The molecule has 6 amide bonds. The van der Waals surface area contributed by atoms with Crippen LogP contribution >= 0.6 is 0 Å². The molecule has 17 nitrogen and oxygen atoms in total. The summed E-state index contributed by atoms with van der Waals surface area (Å²) < 4.78 is 0. The number of hydrogen-bond donors (Lipinski definition) is 9. The van der Waals surface area contributed by atoms with Crippen LogP contribution in [0.15, 0.2) is 0 Å². The number of amides is 6. The summed E-state index contributed by atoms with van der Waals surface area (Å²) in [5.41, 5.74) is 20.4. The molecule has 190 valence electrons. The molecule has 0 rings (SSSR count). The van der Waals surface area contributed by atoms with E-state index in [1.807, 2.05) is 5.32 Å². The molecule has 0 saturated carbocycles. The van der Waals surface area contributed by atoms with Gasteiger partial charge in [0.25, 0.3) is 0 Å². The van der Waals surface area contributed by atoms with Crippen LogP contribution in [0.4, 0.5) is 0 Å². The van der Waals surface area contributed by atoms with Gasteiger partial charge in [0.05, 0.1) is 25.3 Å². The highest BCUT2D eigenvalue weighted by molar-refractivity contribution is 5.97. The number of carboxylic acid groups (broad SMARTS) is 2. The maximum Gasteiger partial charge on any atom is 0.326 e. The fourth-order valence-electron chi connectivity index (χ4n) is 2.47. The molecule has 0 heterocycles. The molecule has 0 bridgehead atoms. The van der Waals surface area contributed by atoms with E-state index < -0.39 is 104 Å². The van der Waals surface area contributed by atoms with Crippen molar-refractivity contribution >= 4 is 47.4 Å². The summed E-state index contributed by atoms with van der Waals surface area (Å²) in [6.45, 7) is 0. The minimum absolute atomic E-state index is 0.392. The summed E-state index contributed by atoms with van der Waals surface area (Å²) in [5, 5.41) is 23.9. The molecule has 0 aromatic heterocycles. The molecule has 0 saturated heterocycles. The lowest BCUT2D eigenvalue weighted by Gasteiger charge is -2.24. The zero-order valence-corrected chi connectivity index (χ0v) is 17.8. The molecule has 0 fully saturated rings. The van der Waals surface area contributed by atoms with Gasteiger partial charge in [-0.2, -0.15) is 0 Å². The maximum absolute atomic E-state index is 12.7. The van der Waals surface area contributed by atoms with Gasteiger partial charge >= 0.3 is 11.9 Å². The Hall–Kier alpha value is -4.28. The molecule has 4 unspecified atom stereocenters. The monoisotopic (exact) mass is 489 g/mol. The summed E-state index contributed by atoms with van der Waals surface area (Å²) in [7, 11) is 0. The third-order valence-corrected chi connectivity index (χ3v) is 4.10. The smallest absolute Gasteiger partial charge is 0.326 e. The van der Waals surface area contributed by atoms with Crippen LogP contribution in [0.3, 0.4) is 0 Å². The normalized spacial score (nSPS) is 13.9. The highest BCUT2D eigenvalue weighted by atomic mass is 16.4. The topological polar surface area (TPSA) is 317 Å². The molecule has 34 heavy (non-hydrogen) atoms. The second-order valence-electron chi connectivity index (χ2n) is 7.07. The van der Waals surface area contributed by atoms with Crippen LogP contribution in [0.5, 0.6) is 0 Å². The first-order chi connectivity index (χ1) is 15.6. The number of rotatable bonds is 16. The van der Waals surface area contributed by atoms with Crippen LogP contribution in [-0.2, 0) is 38.4 Å². The van der Waals surface area contributed by atoms with E-state index in [0.717, 1.165) is 0 Å². The second-order valence-corrected chi connectivity index (χ2v) is 7.07. The number of carboxylic acids is 2. The first-order valence-corrected chi connectivity index (χ1v) is 9.60. The van der Waals surface area contributed by atoms with Crippen LogP contribution in [0.25, 0.3) is 0 Å². The summed E-state index contributed by atoms with van der Waals surface area (Å²) in [6.07, 6.45) is -3.19. The Labute approximate surface area is 191 Å².